The van der Waals surface area contributed by atoms with Crippen LogP contribution in [0, 0.1) is 5.92 Å². The summed E-state index contributed by atoms with van der Waals surface area (Å²) in [5, 5.41) is 0. The predicted molar refractivity (Wildman–Crippen MR) is 102 cm³/mol. The van der Waals surface area contributed by atoms with E-state index in [0.29, 0.717) is 35.9 Å². The molecule has 1 fully saturated rings. The molecule has 1 aliphatic heterocycles. The van der Waals surface area contributed by atoms with Gasteiger partial charge in [-0.2, -0.15) is 0 Å². The van der Waals surface area contributed by atoms with Crippen LogP contribution in [0.4, 0.5) is 0 Å². The number of nitrogens with zero attached hydrogens (tertiary/aromatic N) is 1. The van der Waals surface area contributed by atoms with Crippen LogP contribution in [0.2, 0.25) is 0 Å². The number of carbonyl (C=O) groups is 1. The van der Waals surface area contributed by atoms with Gasteiger partial charge in [0.25, 0.3) is 5.91 Å². The van der Waals surface area contributed by atoms with Crippen molar-refractivity contribution in [2.75, 3.05) is 41.5 Å². The molecular formula is C21H24NO5. The van der Waals surface area contributed by atoms with E-state index in [9.17, 15) is 4.79 Å². The largest absolute Gasteiger partial charge is 0.497 e. The quantitative estimate of drug-likeness (QED) is 0.782. The van der Waals surface area contributed by atoms with Crippen LogP contribution < -0.4 is 18.9 Å². The molecule has 1 aliphatic rings. The Morgan fingerprint density at radius 2 is 1.52 bits per heavy atom. The summed E-state index contributed by atoms with van der Waals surface area (Å²) < 4.78 is 21.2. The summed E-state index contributed by atoms with van der Waals surface area (Å²) in [6.07, 6.45) is 0.850. The highest BCUT2D eigenvalue weighted by atomic mass is 16.5. The van der Waals surface area contributed by atoms with Gasteiger partial charge < -0.3 is 23.8 Å². The number of ether oxygens (including phenoxy) is 4. The standard InChI is InChI=1S/C21H24NO5/c1-24-17-7-5-14(6-8-17)15-9-10-22(13-15)21(23)16-11-18(25-2)20(27-4)19(12-16)26-3/h5-8,11-12H,9-10,13H2,1-4H3. The molecule has 2 aromatic rings. The molecular weight excluding hydrogens is 346 g/mol. The topological polar surface area (TPSA) is 57.2 Å². The molecule has 6 nitrogen and oxygen atoms in total. The molecule has 0 aliphatic carbocycles. The van der Waals surface area contributed by atoms with Crippen LogP contribution in [0.25, 0.3) is 0 Å². The Morgan fingerprint density at radius 3 is 2.04 bits per heavy atom. The number of amides is 1. The molecule has 27 heavy (non-hydrogen) atoms. The highest BCUT2D eigenvalue weighted by Crippen LogP contribution is 2.39. The van der Waals surface area contributed by atoms with Gasteiger partial charge in [0, 0.05) is 24.6 Å². The minimum absolute atomic E-state index is 0.0576. The SMILES string of the molecule is COc1ccc([C]2CCN(C(=O)c3cc(OC)c(OC)c(OC)c3)C2)cc1. The van der Waals surface area contributed by atoms with Crippen LogP contribution >= 0.6 is 0 Å². The second-order valence-corrected chi connectivity index (χ2v) is 6.22. The summed E-state index contributed by atoms with van der Waals surface area (Å²) in [5.41, 5.74) is 1.65. The lowest BCUT2D eigenvalue weighted by Gasteiger charge is -2.19. The van der Waals surface area contributed by atoms with Crippen molar-refractivity contribution < 1.29 is 23.7 Å². The Labute approximate surface area is 159 Å². The van der Waals surface area contributed by atoms with E-state index in [-0.39, 0.29) is 5.91 Å². The van der Waals surface area contributed by atoms with E-state index < -0.39 is 0 Å². The van der Waals surface area contributed by atoms with Crippen molar-refractivity contribution in [1.29, 1.82) is 0 Å². The molecule has 0 N–H and O–H groups in total. The lowest BCUT2D eigenvalue weighted by Crippen LogP contribution is -2.28. The van der Waals surface area contributed by atoms with E-state index in [1.54, 1.807) is 26.4 Å². The third kappa shape index (κ3) is 3.79. The van der Waals surface area contributed by atoms with E-state index in [4.69, 9.17) is 18.9 Å². The third-order valence-corrected chi connectivity index (χ3v) is 4.76. The molecule has 6 heteroatoms. The van der Waals surface area contributed by atoms with E-state index in [2.05, 4.69) is 0 Å². The van der Waals surface area contributed by atoms with Crippen molar-refractivity contribution in [1.82, 2.24) is 4.90 Å². The Bertz CT molecular complexity index is 778. The maximum atomic E-state index is 13.0. The lowest BCUT2D eigenvalue weighted by molar-refractivity contribution is 0.0794. The summed E-state index contributed by atoms with van der Waals surface area (Å²) in [6, 6.07) is 11.3. The molecule has 1 radical (unpaired) electrons. The zero-order valence-corrected chi connectivity index (χ0v) is 16.1. The van der Waals surface area contributed by atoms with Gasteiger partial charge in [0.2, 0.25) is 5.75 Å². The fourth-order valence-electron chi connectivity index (χ4n) is 3.28. The van der Waals surface area contributed by atoms with Gasteiger partial charge in [-0.15, -0.1) is 0 Å². The first-order valence-electron chi connectivity index (χ1n) is 8.69. The zero-order valence-electron chi connectivity index (χ0n) is 16.1. The molecule has 0 atom stereocenters. The van der Waals surface area contributed by atoms with Gasteiger partial charge in [0.15, 0.2) is 11.5 Å². The number of methoxy groups -OCH3 is 4. The molecule has 1 saturated heterocycles. The summed E-state index contributed by atoms with van der Waals surface area (Å²) in [6.45, 7) is 1.28. The van der Waals surface area contributed by atoms with Crippen molar-refractivity contribution in [3.05, 3.63) is 53.4 Å². The molecule has 0 bridgehead atoms. The summed E-state index contributed by atoms with van der Waals surface area (Å²) in [5.74, 6) is 3.42. The van der Waals surface area contributed by atoms with Crippen LogP contribution in [0.15, 0.2) is 36.4 Å². The fourth-order valence-corrected chi connectivity index (χ4v) is 3.28. The van der Waals surface area contributed by atoms with Crippen molar-refractivity contribution in [3.63, 3.8) is 0 Å². The Kier molecular flexibility index (Phi) is 5.74. The fraction of sp³-hybridized carbons (Fsp3) is 0.333. The van der Waals surface area contributed by atoms with Gasteiger partial charge in [-0.1, -0.05) is 12.1 Å². The minimum atomic E-state index is -0.0576. The number of likely N-dealkylation sites (tertiary alicyclic amines) is 1. The molecule has 1 amide bonds. The zero-order chi connectivity index (χ0) is 19.4. The van der Waals surface area contributed by atoms with E-state index in [0.717, 1.165) is 17.7 Å². The van der Waals surface area contributed by atoms with Crippen LogP contribution in [-0.2, 0) is 0 Å². The number of hydrogen-bond donors (Lipinski definition) is 0. The maximum absolute atomic E-state index is 13.0. The number of rotatable bonds is 6. The van der Waals surface area contributed by atoms with Gasteiger partial charge in [-0.05, 0) is 36.2 Å². The van der Waals surface area contributed by atoms with Gasteiger partial charge in [0.05, 0.1) is 28.4 Å². The molecule has 2 aromatic carbocycles. The van der Waals surface area contributed by atoms with E-state index in [1.807, 2.05) is 29.2 Å². The summed E-state index contributed by atoms with van der Waals surface area (Å²) in [7, 11) is 6.27. The van der Waals surface area contributed by atoms with E-state index in [1.165, 1.54) is 20.1 Å². The lowest BCUT2D eigenvalue weighted by atomic mass is 9.98. The molecule has 1 heterocycles. The van der Waals surface area contributed by atoms with Gasteiger partial charge >= 0.3 is 0 Å². The number of hydrogen-bond acceptors (Lipinski definition) is 5. The maximum Gasteiger partial charge on any atom is 0.254 e. The molecule has 3 rings (SSSR count). The van der Waals surface area contributed by atoms with Crippen molar-refractivity contribution in [3.8, 4) is 23.0 Å². The average Bonchev–Trinajstić information content (AvgIpc) is 3.22. The Hall–Kier alpha value is -2.89. The van der Waals surface area contributed by atoms with Crippen LogP contribution in [0.5, 0.6) is 23.0 Å². The summed E-state index contributed by atoms with van der Waals surface area (Å²) >= 11 is 0. The predicted octanol–water partition coefficient (Wildman–Crippen LogP) is 3.19. The highest BCUT2D eigenvalue weighted by Gasteiger charge is 2.29. The van der Waals surface area contributed by atoms with Crippen LogP contribution in [0.1, 0.15) is 22.3 Å². The normalized spacial score (nSPS) is 14.1. The number of carbonyl (C=O) groups excluding carboxylic acids is 1. The van der Waals surface area contributed by atoms with Crippen molar-refractivity contribution in [2.45, 2.75) is 6.42 Å². The van der Waals surface area contributed by atoms with Gasteiger partial charge in [0.1, 0.15) is 5.75 Å². The smallest absolute Gasteiger partial charge is 0.254 e. The highest BCUT2D eigenvalue weighted by molar-refractivity contribution is 5.96. The first-order chi connectivity index (χ1) is 13.1. The van der Waals surface area contributed by atoms with Crippen molar-refractivity contribution in [2.24, 2.45) is 0 Å². The molecule has 143 valence electrons. The monoisotopic (exact) mass is 370 g/mol. The van der Waals surface area contributed by atoms with Crippen molar-refractivity contribution >= 4 is 5.91 Å². The second-order valence-electron chi connectivity index (χ2n) is 6.22. The molecule has 0 aromatic heterocycles. The first-order valence-corrected chi connectivity index (χ1v) is 8.69. The van der Waals surface area contributed by atoms with Crippen LogP contribution in [0.3, 0.4) is 0 Å². The molecule has 0 saturated carbocycles. The minimum Gasteiger partial charge on any atom is -0.497 e. The second kappa shape index (κ2) is 8.20. The van der Waals surface area contributed by atoms with E-state index >= 15 is 0 Å². The van der Waals surface area contributed by atoms with Crippen LogP contribution in [-0.4, -0.2) is 52.3 Å². The van der Waals surface area contributed by atoms with Gasteiger partial charge in [-0.25, -0.2) is 0 Å². The molecule has 0 spiro atoms. The number of benzene rings is 2. The summed E-state index contributed by atoms with van der Waals surface area (Å²) in [4.78, 5) is 14.8. The Balaban J connectivity index is 1.78. The molecule has 0 unspecified atom stereocenters. The Morgan fingerprint density at radius 1 is 0.889 bits per heavy atom. The average molecular weight is 370 g/mol. The third-order valence-electron chi connectivity index (χ3n) is 4.76. The first kappa shape index (κ1) is 18.9. The van der Waals surface area contributed by atoms with Gasteiger partial charge in [-0.3, -0.25) is 4.79 Å².